The van der Waals surface area contributed by atoms with Crippen LogP contribution in [0.3, 0.4) is 0 Å². The third kappa shape index (κ3) is 2.13. The Labute approximate surface area is 109 Å². The summed E-state index contributed by atoms with van der Waals surface area (Å²) < 4.78 is 2.00. The van der Waals surface area contributed by atoms with Crippen molar-refractivity contribution < 1.29 is 0 Å². The molecule has 0 radical (unpaired) electrons. The van der Waals surface area contributed by atoms with Gasteiger partial charge in [-0.05, 0) is 5.56 Å². The molecular formula is C15H21N3. The molecule has 0 fully saturated rings. The molecule has 0 aliphatic carbocycles. The van der Waals surface area contributed by atoms with Gasteiger partial charge in [0.25, 0.3) is 0 Å². The Morgan fingerprint density at radius 3 is 2.22 bits per heavy atom. The number of aromatic nitrogens is 2. The number of hydrogen-bond donors (Lipinski definition) is 1. The highest BCUT2D eigenvalue weighted by Crippen LogP contribution is 2.29. The molecule has 0 aliphatic heterocycles. The predicted molar refractivity (Wildman–Crippen MR) is 75.7 cm³/mol. The van der Waals surface area contributed by atoms with Crippen molar-refractivity contribution in [1.29, 1.82) is 0 Å². The van der Waals surface area contributed by atoms with Crippen LogP contribution in [-0.2, 0) is 7.05 Å². The summed E-state index contributed by atoms with van der Waals surface area (Å²) in [4.78, 5) is 4.72. The lowest BCUT2D eigenvalue weighted by Crippen LogP contribution is -2.04. The van der Waals surface area contributed by atoms with E-state index in [-0.39, 0.29) is 5.92 Å². The van der Waals surface area contributed by atoms with Crippen LogP contribution in [0.1, 0.15) is 49.7 Å². The fourth-order valence-corrected chi connectivity index (χ4v) is 2.29. The number of imidazole rings is 1. The minimum Gasteiger partial charge on any atom is -0.384 e. The Balaban J connectivity index is 2.43. The Morgan fingerprint density at radius 2 is 1.72 bits per heavy atom. The van der Waals surface area contributed by atoms with Gasteiger partial charge >= 0.3 is 0 Å². The zero-order chi connectivity index (χ0) is 13.3. The van der Waals surface area contributed by atoms with E-state index in [9.17, 15) is 0 Å². The average Bonchev–Trinajstić information content (AvgIpc) is 2.67. The first-order valence-corrected chi connectivity index (χ1v) is 6.39. The summed E-state index contributed by atoms with van der Waals surface area (Å²) in [5, 5.41) is 0. The number of nitrogens with two attached hydrogens (primary N) is 1. The van der Waals surface area contributed by atoms with Gasteiger partial charge in [-0.3, -0.25) is 0 Å². The van der Waals surface area contributed by atoms with Crippen molar-refractivity contribution in [3.8, 4) is 0 Å². The van der Waals surface area contributed by atoms with Crippen molar-refractivity contribution in [1.82, 2.24) is 9.55 Å². The molecule has 1 atom stereocenters. The normalized spacial score (nSPS) is 12.9. The van der Waals surface area contributed by atoms with Crippen LogP contribution in [0, 0.1) is 0 Å². The van der Waals surface area contributed by atoms with Crippen LogP contribution in [-0.4, -0.2) is 9.55 Å². The van der Waals surface area contributed by atoms with Crippen LogP contribution >= 0.6 is 0 Å². The molecule has 1 heterocycles. The zero-order valence-corrected chi connectivity index (χ0v) is 11.5. The van der Waals surface area contributed by atoms with Gasteiger partial charge in [-0.25, -0.2) is 4.98 Å². The van der Waals surface area contributed by atoms with Gasteiger partial charge in [-0.2, -0.15) is 0 Å². The molecule has 1 aromatic carbocycles. The van der Waals surface area contributed by atoms with Gasteiger partial charge in [-0.1, -0.05) is 51.1 Å². The number of benzene rings is 1. The van der Waals surface area contributed by atoms with E-state index in [2.05, 4.69) is 32.9 Å². The Hall–Kier alpha value is -1.77. The summed E-state index contributed by atoms with van der Waals surface area (Å²) in [6.45, 7) is 6.43. The van der Waals surface area contributed by atoms with E-state index in [1.807, 2.05) is 29.8 Å². The second-order valence-electron chi connectivity index (χ2n) is 5.09. The Bertz CT molecular complexity index is 526. The molecule has 18 heavy (non-hydrogen) atoms. The van der Waals surface area contributed by atoms with Crippen LogP contribution < -0.4 is 5.73 Å². The molecule has 3 heteroatoms. The topological polar surface area (TPSA) is 43.8 Å². The van der Waals surface area contributed by atoms with Crippen molar-refractivity contribution in [3.63, 3.8) is 0 Å². The lowest BCUT2D eigenvalue weighted by atomic mass is 9.98. The first kappa shape index (κ1) is 12.7. The SMILES string of the molecule is CC(C)c1nc(C(C)c2ccccc2)c(N)n1C. The molecular weight excluding hydrogens is 222 g/mol. The number of nitrogens with zero attached hydrogens (tertiary/aromatic N) is 2. The maximum absolute atomic E-state index is 6.18. The molecule has 0 spiro atoms. The lowest BCUT2D eigenvalue weighted by molar-refractivity contribution is 0.712. The van der Waals surface area contributed by atoms with Gasteiger partial charge in [0, 0.05) is 18.9 Å². The number of anilines is 1. The molecule has 0 saturated heterocycles. The monoisotopic (exact) mass is 243 g/mol. The number of nitrogen functional groups attached to an aromatic ring is 1. The molecule has 2 rings (SSSR count). The Kier molecular flexibility index (Phi) is 3.41. The average molecular weight is 243 g/mol. The number of hydrogen-bond acceptors (Lipinski definition) is 2. The maximum atomic E-state index is 6.18. The van der Waals surface area contributed by atoms with Crippen molar-refractivity contribution in [2.75, 3.05) is 5.73 Å². The minimum atomic E-state index is 0.227. The molecule has 0 saturated carbocycles. The molecule has 1 aromatic heterocycles. The first-order valence-electron chi connectivity index (χ1n) is 6.39. The van der Waals surface area contributed by atoms with E-state index in [1.165, 1.54) is 5.56 Å². The van der Waals surface area contributed by atoms with E-state index in [0.717, 1.165) is 17.3 Å². The summed E-state index contributed by atoms with van der Waals surface area (Å²) in [7, 11) is 1.98. The second kappa shape index (κ2) is 4.84. The third-order valence-corrected chi connectivity index (χ3v) is 3.43. The predicted octanol–water partition coefficient (Wildman–Crippen LogP) is 3.28. The van der Waals surface area contributed by atoms with Crippen LogP contribution in [0.2, 0.25) is 0 Å². The third-order valence-electron chi connectivity index (χ3n) is 3.43. The van der Waals surface area contributed by atoms with E-state index >= 15 is 0 Å². The molecule has 0 bridgehead atoms. The highest BCUT2D eigenvalue weighted by molar-refractivity contribution is 5.44. The lowest BCUT2D eigenvalue weighted by Gasteiger charge is -2.10. The molecule has 2 N–H and O–H groups in total. The fraction of sp³-hybridized carbons (Fsp3) is 0.400. The second-order valence-corrected chi connectivity index (χ2v) is 5.09. The summed E-state index contributed by atoms with van der Waals surface area (Å²) in [6, 6.07) is 10.4. The van der Waals surface area contributed by atoms with Crippen molar-refractivity contribution in [2.24, 2.45) is 7.05 Å². The zero-order valence-electron chi connectivity index (χ0n) is 11.5. The molecule has 1 unspecified atom stereocenters. The van der Waals surface area contributed by atoms with Crippen LogP contribution in [0.25, 0.3) is 0 Å². The van der Waals surface area contributed by atoms with Gasteiger partial charge in [0.15, 0.2) is 0 Å². The van der Waals surface area contributed by atoms with E-state index in [1.54, 1.807) is 0 Å². The van der Waals surface area contributed by atoms with Crippen LogP contribution in [0.15, 0.2) is 30.3 Å². The highest BCUT2D eigenvalue weighted by atomic mass is 15.1. The standard InChI is InChI=1S/C15H21N3/c1-10(2)15-17-13(14(16)18(15)4)11(3)12-8-6-5-7-9-12/h5-11H,16H2,1-4H3. The van der Waals surface area contributed by atoms with Crippen molar-refractivity contribution in [2.45, 2.75) is 32.6 Å². The smallest absolute Gasteiger partial charge is 0.127 e. The van der Waals surface area contributed by atoms with Crippen LogP contribution in [0.5, 0.6) is 0 Å². The van der Waals surface area contributed by atoms with Gasteiger partial charge < -0.3 is 10.3 Å². The van der Waals surface area contributed by atoms with E-state index in [0.29, 0.717) is 5.92 Å². The molecule has 0 aliphatic rings. The van der Waals surface area contributed by atoms with Crippen LogP contribution in [0.4, 0.5) is 5.82 Å². The van der Waals surface area contributed by atoms with Gasteiger partial charge in [0.2, 0.25) is 0 Å². The van der Waals surface area contributed by atoms with Gasteiger partial charge in [-0.15, -0.1) is 0 Å². The van der Waals surface area contributed by atoms with E-state index in [4.69, 9.17) is 10.7 Å². The summed E-state index contributed by atoms with van der Waals surface area (Å²) >= 11 is 0. The highest BCUT2D eigenvalue weighted by Gasteiger charge is 2.20. The largest absolute Gasteiger partial charge is 0.384 e. The molecule has 0 amide bonds. The molecule has 2 aromatic rings. The van der Waals surface area contributed by atoms with Gasteiger partial charge in [0.1, 0.15) is 11.6 Å². The van der Waals surface area contributed by atoms with Crippen molar-refractivity contribution in [3.05, 3.63) is 47.4 Å². The quantitative estimate of drug-likeness (QED) is 0.899. The fourth-order valence-electron chi connectivity index (χ4n) is 2.29. The molecule has 3 nitrogen and oxygen atoms in total. The van der Waals surface area contributed by atoms with E-state index < -0.39 is 0 Å². The van der Waals surface area contributed by atoms with Crippen molar-refractivity contribution >= 4 is 5.82 Å². The summed E-state index contributed by atoms with van der Waals surface area (Å²) in [5.74, 6) is 2.43. The summed E-state index contributed by atoms with van der Waals surface area (Å²) in [5.41, 5.74) is 8.41. The Morgan fingerprint density at radius 1 is 1.11 bits per heavy atom. The minimum absolute atomic E-state index is 0.227. The molecule has 96 valence electrons. The summed E-state index contributed by atoms with van der Waals surface area (Å²) in [6.07, 6.45) is 0. The number of rotatable bonds is 3. The first-order chi connectivity index (χ1) is 8.52. The van der Waals surface area contributed by atoms with Gasteiger partial charge in [0.05, 0.1) is 5.69 Å². The maximum Gasteiger partial charge on any atom is 0.127 e.